The van der Waals surface area contributed by atoms with Gasteiger partial charge in [-0.1, -0.05) is 12.1 Å². The second-order valence-electron chi connectivity index (χ2n) is 4.21. The molecule has 0 saturated carbocycles. The monoisotopic (exact) mass is 302 g/mol. The van der Waals surface area contributed by atoms with E-state index in [-0.39, 0.29) is 20.9 Å². The normalized spacial score (nSPS) is 16.8. The molecule has 1 aliphatic heterocycles. The minimum Gasteiger partial charge on any atom is -0.478 e. The highest BCUT2D eigenvalue weighted by Gasteiger charge is 2.35. The maximum absolute atomic E-state index is 12.2. The molecule has 1 aromatic carbocycles. The molecular weight excluding hydrogens is 292 g/mol. The summed E-state index contributed by atoms with van der Waals surface area (Å²) in [5.74, 6) is -2.00. The van der Waals surface area contributed by atoms with Crippen molar-refractivity contribution in [1.29, 1.82) is 0 Å². The molecule has 1 aliphatic rings. The molecule has 102 valence electrons. The molecule has 0 unspecified atom stereocenters. The minimum atomic E-state index is -4.05. The van der Waals surface area contributed by atoms with E-state index in [9.17, 15) is 21.6 Å². The lowest BCUT2D eigenvalue weighted by Gasteiger charge is -2.05. The molecule has 0 aromatic heterocycles. The van der Waals surface area contributed by atoms with Gasteiger partial charge in [-0.15, -0.1) is 0 Å². The first-order valence-corrected chi connectivity index (χ1v) is 8.67. The van der Waals surface area contributed by atoms with Crippen molar-refractivity contribution >= 4 is 31.7 Å². The molecule has 0 aliphatic carbocycles. The predicted molar refractivity (Wildman–Crippen MR) is 68.3 cm³/mol. The Kier molecular flexibility index (Phi) is 3.02. The van der Waals surface area contributed by atoms with Crippen LogP contribution in [0.1, 0.15) is 15.9 Å². The molecular formula is C11H10O6S2. The second kappa shape index (κ2) is 4.17. The number of carboxylic acid groups (broad SMARTS) is 1. The second-order valence-corrected chi connectivity index (χ2v) is 8.29. The molecule has 0 spiro atoms. The van der Waals surface area contributed by atoms with Gasteiger partial charge in [-0.3, -0.25) is 0 Å². The van der Waals surface area contributed by atoms with Crippen molar-refractivity contribution in [3.8, 4) is 0 Å². The van der Waals surface area contributed by atoms with E-state index in [1.54, 1.807) is 0 Å². The molecule has 1 heterocycles. The topological polar surface area (TPSA) is 106 Å². The summed E-state index contributed by atoms with van der Waals surface area (Å²) >= 11 is 0. The van der Waals surface area contributed by atoms with Crippen molar-refractivity contribution in [2.75, 3.05) is 12.0 Å². The summed E-state index contributed by atoms with van der Waals surface area (Å²) in [6.45, 7) is 0. The number of hydrogen-bond acceptors (Lipinski definition) is 5. The third-order valence-corrected chi connectivity index (χ3v) is 5.57. The van der Waals surface area contributed by atoms with Gasteiger partial charge in [0.15, 0.2) is 9.84 Å². The van der Waals surface area contributed by atoms with Gasteiger partial charge < -0.3 is 5.11 Å². The number of fused-ring (bicyclic) bond motifs is 1. The van der Waals surface area contributed by atoms with Crippen LogP contribution in [0.25, 0.3) is 6.08 Å². The summed E-state index contributed by atoms with van der Waals surface area (Å²) in [6, 6.07) is 4.03. The van der Waals surface area contributed by atoms with Gasteiger partial charge in [0.25, 0.3) is 0 Å². The van der Waals surface area contributed by atoms with Gasteiger partial charge in [0, 0.05) is 6.26 Å². The summed E-state index contributed by atoms with van der Waals surface area (Å²) < 4.78 is 46.8. The Bertz CT molecular complexity index is 800. The van der Waals surface area contributed by atoms with Gasteiger partial charge in [0.1, 0.15) is 0 Å². The molecule has 0 atom stereocenters. The number of carbonyl (C=O) groups is 1. The van der Waals surface area contributed by atoms with Gasteiger partial charge in [0.05, 0.1) is 21.1 Å². The van der Waals surface area contributed by atoms with E-state index in [4.69, 9.17) is 5.11 Å². The first-order valence-electron chi connectivity index (χ1n) is 5.12. The number of hydrogen-bond donors (Lipinski definition) is 1. The van der Waals surface area contributed by atoms with Crippen LogP contribution in [0.2, 0.25) is 0 Å². The Morgan fingerprint density at radius 2 is 1.95 bits per heavy atom. The maximum atomic E-state index is 12.2. The van der Waals surface area contributed by atoms with Crippen LogP contribution in [0, 0.1) is 0 Å². The van der Waals surface area contributed by atoms with Crippen LogP contribution >= 0.6 is 0 Å². The lowest BCUT2D eigenvalue weighted by molar-refractivity contribution is 0.0692. The number of carboxylic acids is 1. The van der Waals surface area contributed by atoms with E-state index >= 15 is 0 Å². The zero-order valence-electron chi connectivity index (χ0n) is 9.82. The Balaban J connectivity index is 2.66. The summed E-state index contributed by atoms with van der Waals surface area (Å²) in [5.41, 5.74) is -0.143. The fraction of sp³-hybridized carbons (Fsp3) is 0.182. The van der Waals surface area contributed by atoms with Crippen LogP contribution < -0.4 is 0 Å². The van der Waals surface area contributed by atoms with Crippen LogP contribution in [0.4, 0.5) is 0 Å². The van der Waals surface area contributed by atoms with Crippen molar-refractivity contribution in [2.45, 2.75) is 4.90 Å². The quantitative estimate of drug-likeness (QED) is 0.874. The van der Waals surface area contributed by atoms with E-state index in [1.165, 1.54) is 24.3 Å². The summed E-state index contributed by atoms with van der Waals surface area (Å²) in [6.07, 6.45) is 2.13. The van der Waals surface area contributed by atoms with E-state index in [0.29, 0.717) is 0 Å². The third kappa shape index (κ3) is 2.41. The van der Waals surface area contributed by atoms with Crippen molar-refractivity contribution in [3.63, 3.8) is 0 Å². The Morgan fingerprint density at radius 3 is 2.47 bits per heavy atom. The van der Waals surface area contributed by atoms with Crippen LogP contribution in [0.3, 0.4) is 0 Å². The van der Waals surface area contributed by atoms with Crippen molar-refractivity contribution in [1.82, 2.24) is 0 Å². The molecule has 0 saturated heterocycles. The molecule has 6 nitrogen and oxygen atoms in total. The van der Waals surface area contributed by atoms with Crippen LogP contribution in [-0.4, -0.2) is 39.9 Å². The number of benzene rings is 1. The lowest BCUT2D eigenvalue weighted by atomic mass is 10.1. The van der Waals surface area contributed by atoms with E-state index in [2.05, 4.69) is 0 Å². The highest BCUT2D eigenvalue weighted by Crippen LogP contribution is 2.35. The van der Waals surface area contributed by atoms with Gasteiger partial charge in [-0.05, 0) is 17.7 Å². The Morgan fingerprint density at radius 1 is 1.32 bits per heavy atom. The molecule has 1 N–H and O–H groups in total. The number of rotatable bonds is 3. The minimum absolute atomic E-state index is 0.207. The largest absolute Gasteiger partial charge is 0.478 e. The summed E-state index contributed by atoms with van der Waals surface area (Å²) in [7, 11) is -7.58. The highest BCUT2D eigenvalue weighted by atomic mass is 32.2. The zero-order valence-corrected chi connectivity index (χ0v) is 11.5. The Hall–Kier alpha value is -1.67. The standard InChI is InChI=1S/C11H10O6S2/c1-18(14,15)6-8-5-7-3-2-4-9(11(12)13)10(7)19(8,16)17/h2-5H,6H2,1H3,(H,12,13). The lowest BCUT2D eigenvalue weighted by Crippen LogP contribution is -2.14. The molecule has 8 heteroatoms. The van der Waals surface area contributed by atoms with Crippen molar-refractivity contribution < 1.29 is 26.7 Å². The van der Waals surface area contributed by atoms with Crippen molar-refractivity contribution in [3.05, 3.63) is 34.2 Å². The van der Waals surface area contributed by atoms with Crippen LogP contribution in [0.5, 0.6) is 0 Å². The fourth-order valence-electron chi connectivity index (χ4n) is 1.90. The van der Waals surface area contributed by atoms with Crippen LogP contribution in [-0.2, 0) is 19.7 Å². The highest BCUT2D eigenvalue weighted by molar-refractivity contribution is 7.98. The first-order chi connectivity index (χ1) is 8.63. The predicted octanol–water partition coefficient (Wildman–Crippen LogP) is 0.558. The molecule has 0 bridgehead atoms. The molecule has 0 radical (unpaired) electrons. The van der Waals surface area contributed by atoms with Gasteiger partial charge in [-0.25, -0.2) is 21.6 Å². The smallest absolute Gasteiger partial charge is 0.337 e. The van der Waals surface area contributed by atoms with E-state index < -0.39 is 31.4 Å². The van der Waals surface area contributed by atoms with E-state index in [0.717, 1.165) is 6.26 Å². The molecule has 2 rings (SSSR count). The van der Waals surface area contributed by atoms with Crippen molar-refractivity contribution in [2.24, 2.45) is 0 Å². The SMILES string of the molecule is CS(=O)(=O)CC1=Cc2cccc(C(=O)O)c2S1(=O)=O. The summed E-state index contributed by atoms with van der Waals surface area (Å²) in [4.78, 5) is 10.4. The Labute approximate surface area is 110 Å². The maximum Gasteiger partial charge on any atom is 0.337 e. The average Bonchev–Trinajstić information content (AvgIpc) is 2.48. The van der Waals surface area contributed by atoms with Gasteiger partial charge >= 0.3 is 5.97 Å². The number of aromatic carboxylic acids is 1. The summed E-state index contributed by atoms with van der Waals surface area (Å²) in [5, 5.41) is 8.99. The molecule has 0 amide bonds. The first kappa shape index (κ1) is 13.8. The molecule has 19 heavy (non-hydrogen) atoms. The molecule has 0 fully saturated rings. The fourth-order valence-corrected chi connectivity index (χ4v) is 5.19. The van der Waals surface area contributed by atoms with Gasteiger partial charge in [-0.2, -0.15) is 0 Å². The molecule has 1 aromatic rings. The number of sulfone groups is 2. The van der Waals surface area contributed by atoms with Crippen LogP contribution in [0.15, 0.2) is 28.0 Å². The average molecular weight is 302 g/mol. The van der Waals surface area contributed by atoms with E-state index in [1.807, 2.05) is 0 Å². The van der Waals surface area contributed by atoms with Gasteiger partial charge in [0.2, 0.25) is 9.84 Å². The zero-order chi connectivity index (χ0) is 14.4. The third-order valence-electron chi connectivity index (χ3n) is 2.61.